The molecule has 10 heteroatoms. The number of hydrogen-bond acceptors (Lipinski definition) is 4. The zero-order valence-electron chi connectivity index (χ0n) is 13.3. The first-order valence-electron chi connectivity index (χ1n) is 7.45. The predicted molar refractivity (Wildman–Crippen MR) is 90.9 cm³/mol. The van der Waals surface area contributed by atoms with Gasteiger partial charge in [-0.25, -0.2) is 9.97 Å². The zero-order chi connectivity index (χ0) is 19.6. The van der Waals surface area contributed by atoms with Crippen LogP contribution < -0.4 is 10.9 Å². The van der Waals surface area contributed by atoms with Crippen molar-refractivity contribution >= 4 is 34.4 Å². The van der Waals surface area contributed by atoms with Gasteiger partial charge in [0.2, 0.25) is 0 Å². The molecule has 3 rings (SSSR count). The van der Waals surface area contributed by atoms with Gasteiger partial charge in [-0.1, -0.05) is 11.6 Å². The van der Waals surface area contributed by atoms with Crippen LogP contribution in [0.15, 0.2) is 48.7 Å². The highest BCUT2D eigenvalue weighted by atomic mass is 35.5. The second-order valence-electron chi connectivity index (χ2n) is 5.35. The number of hydrogen-bond donors (Lipinski definition) is 2. The zero-order valence-corrected chi connectivity index (χ0v) is 14.1. The van der Waals surface area contributed by atoms with E-state index < -0.39 is 29.2 Å². The molecule has 3 aromatic rings. The smallest absolute Gasteiger partial charge is 0.267 e. The summed E-state index contributed by atoms with van der Waals surface area (Å²) in [5.74, 6) is -1.88. The lowest BCUT2D eigenvalue weighted by Crippen LogP contribution is -2.42. The van der Waals surface area contributed by atoms with Crippen molar-refractivity contribution in [1.29, 1.82) is 0 Å². The molecular formula is C17H10ClF3N4O2. The van der Waals surface area contributed by atoms with Gasteiger partial charge in [-0.05, 0) is 42.5 Å². The van der Waals surface area contributed by atoms with E-state index in [-0.39, 0.29) is 16.6 Å². The summed E-state index contributed by atoms with van der Waals surface area (Å²) in [7, 11) is 0. The van der Waals surface area contributed by atoms with Gasteiger partial charge in [0, 0.05) is 22.2 Å². The molecule has 0 atom stereocenters. The Hall–Kier alpha value is -3.20. The van der Waals surface area contributed by atoms with Crippen LogP contribution in [0.3, 0.4) is 0 Å². The molecule has 0 aliphatic carbocycles. The Bertz CT molecular complexity index is 1020. The first kappa shape index (κ1) is 18.6. The topological polar surface area (TPSA) is 84.0 Å². The second-order valence-corrected chi connectivity index (χ2v) is 5.78. The van der Waals surface area contributed by atoms with E-state index in [1.807, 2.05) is 5.43 Å². The highest BCUT2D eigenvalue weighted by molar-refractivity contribution is 6.30. The number of nitrogens with zero attached hydrogens (tertiary/aromatic N) is 2. The Morgan fingerprint density at radius 2 is 1.67 bits per heavy atom. The van der Waals surface area contributed by atoms with Gasteiger partial charge in [-0.15, -0.1) is 0 Å². The monoisotopic (exact) mass is 394 g/mol. The molecule has 2 heterocycles. The van der Waals surface area contributed by atoms with Crippen LogP contribution in [0.2, 0.25) is 5.02 Å². The van der Waals surface area contributed by atoms with E-state index in [9.17, 15) is 22.8 Å². The van der Waals surface area contributed by atoms with Crippen molar-refractivity contribution in [2.24, 2.45) is 0 Å². The fourth-order valence-electron chi connectivity index (χ4n) is 2.25. The summed E-state index contributed by atoms with van der Waals surface area (Å²) >= 11 is 5.71. The summed E-state index contributed by atoms with van der Waals surface area (Å²) in [6, 6.07) is 9.70. The Morgan fingerprint density at radius 1 is 1.00 bits per heavy atom. The molecular weight excluding hydrogens is 385 g/mol. The molecule has 0 unspecified atom stereocenters. The van der Waals surface area contributed by atoms with Crippen molar-refractivity contribution in [1.82, 2.24) is 20.8 Å². The fourth-order valence-corrected chi connectivity index (χ4v) is 2.37. The maximum atomic E-state index is 13.3. The summed E-state index contributed by atoms with van der Waals surface area (Å²) in [5, 5.41) is 0.654. The van der Waals surface area contributed by atoms with Gasteiger partial charge in [-0.2, -0.15) is 13.2 Å². The lowest BCUT2D eigenvalue weighted by Gasteiger charge is -2.13. The van der Waals surface area contributed by atoms with Crippen LogP contribution in [0, 0.1) is 0 Å². The minimum Gasteiger partial charge on any atom is -0.267 e. The average molecular weight is 395 g/mol. The average Bonchev–Trinajstić information content (AvgIpc) is 2.64. The molecule has 2 amide bonds. The molecule has 0 saturated heterocycles. The molecule has 2 N–H and O–H groups in total. The summed E-state index contributed by atoms with van der Waals surface area (Å²) in [6.45, 7) is 0. The Morgan fingerprint density at radius 3 is 2.33 bits per heavy atom. The third-order valence-electron chi connectivity index (χ3n) is 3.50. The van der Waals surface area contributed by atoms with Gasteiger partial charge in [-0.3, -0.25) is 20.4 Å². The minimum atomic E-state index is -4.88. The number of carbonyl (C=O) groups excluding carboxylic acids is 2. The standard InChI is InChI=1S/C17H10ClF3N4O2/c18-11-5-3-9(4-6-11)15(26)24-25-16(27)12-8-10-2-1-7-22-14(10)23-13(12)17(19,20)21/h1-8H,(H,24,26)(H,25,27). The lowest BCUT2D eigenvalue weighted by molar-refractivity contribution is -0.141. The molecule has 0 aliphatic rings. The Balaban J connectivity index is 1.86. The van der Waals surface area contributed by atoms with Crippen LogP contribution in [-0.2, 0) is 6.18 Å². The van der Waals surface area contributed by atoms with Gasteiger partial charge in [0.05, 0.1) is 5.56 Å². The van der Waals surface area contributed by atoms with Gasteiger partial charge in [0.15, 0.2) is 11.3 Å². The van der Waals surface area contributed by atoms with E-state index in [1.165, 1.54) is 42.6 Å². The van der Waals surface area contributed by atoms with Crippen LogP contribution in [0.4, 0.5) is 13.2 Å². The van der Waals surface area contributed by atoms with Crippen LogP contribution in [-0.4, -0.2) is 21.8 Å². The van der Waals surface area contributed by atoms with E-state index in [0.717, 1.165) is 6.07 Å². The molecule has 0 bridgehead atoms. The Labute approximate surface area is 155 Å². The van der Waals surface area contributed by atoms with E-state index >= 15 is 0 Å². The summed E-state index contributed by atoms with van der Waals surface area (Å²) in [4.78, 5) is 31.4. The van der Waals surface area contributed by atoms with Crippen molar-refractivity contribution in [2.75, 3.05) is 0 Å². The number of alkyl halides is 3. The maximum Gasteiger partial charge on any atom is 0.434 e. The van der Waals surface area contributed by atoms with Crippen molar-refractivity contribution < 1.29 is 22.8 Å². The van der Waals surface area contributed by atoms with Crippen LogP contribution in [0.1, 0.15) is 26.4 Å². The normalized spacial score (nSPS) is 11.3. The second kappa shape index (κ2) is 7.20. The fraction of sp³-hybridized carbons (Fsp3) is 0.0588. The number of benzene rings is 1. The van der Waals surface area contributed by atoms with Crippen molar-refractivity contribution in [3.63, 3.8) is 0 Å². The number of aromatic nitrogens is 2. The predicted octanol–water partition coefficient (Wildman–Crippen LogP) is 3.38. The molecule has 0 spiro atoms. The molecule has 0 saturated carbocycles. The Kier molecular flexibility index (Phi) is 4.95. The van der Waals surface area contributed by atoms with Crippen molar-refractivity contribution in [2.45, 2.75) is 6.18 Å². The number of carbonyl (C=O) groups is 2. The third-order valence-corrected chi connectivity index (χ3v) is 3.75. The van der Waals surface area contributed by atoms with E-state index in [0.29, 0.717) is 5.02 Å². The number of pyridine rings is 2. The number of hydrazine groups is 1. The van der Waals surface area contributed by atoms with Crippen LogP contribution in [0.25, 0.3) is 11.0 Å². The first-order chi connectivity index (χ1) is 12.8. The maximum absolute atomic E-state index is 13.3. The number of amides is 2. The first-order valence-corrected chi connectivity index (χ1v) is 7.83. The molecule has 138 valence electrons. The highest BCUT2D eigenvalue weighted by Crippen LogP contribution is 2.31. The summed E-state index contributed by atoms with van der Waals surface area (Å²) < 4.78 is 39.8. The van der Waals surface area contributed by atoms with Gasteiger partial charge in [0.1, 0.15) is 0 Å². The van der Waals surface area contributed by atoms with Crippen molar-refractivity contribution in [3.05, 3.63) is 70.5 Å². The largest absolute Gasteiger partial charge is 0.434 e. The van der Waals surface area contributed by atoms with Crippen LogP contribution in [0.5, 0.6) is 0 Å². The molecule has 0 fully saturated rings. The molecule has 0 radical (unpaired) electrons. The third kappa shape index (κ3) is 4.14. The van der Waals surface area contributed by atoms with E-state index in [1.54, 1.807) is 0 Å². The molecule has 1 aromatic carbocycles. The molecule has 27 heavy (non-hydrogen) atoms. The van der Waals surface area contributed by atoms with Crippen LogP contribution >= 0.6 is 11.6 Å². The number of halogens is 4. The number of nitrogens with one attached hydrogen (secondary N) is 2. The minimum absolute atomic E-state index is 0.147. The lowest BCUT2D eigenvalue weighted by atomic mass is 10.1. The number of fused-ring (bicyclic) bond motifs is 1. The van der Waals surface area contributed by atoms with E-state index in [2.05, 4.69) is 15.4 Å². The number of rotatable bonds is 2. The SMILES string of the molecule is O=C(NNC(=O)c1cc2cccnc2nc1C(F)(F)F)c1ccc(Cl)cc1. The molecule has 6 nitrogen and oxygen atoms in total. The molecule has 0 aliphatic heterocycles. The quantitative estimate of drug-likeness (QED) is 0.653. The van der Waals surface area contributed by atoms with Crippen molar-refractivity contribution in [3.8, 4) is 0 Å². The summed E-state index contributed by atoms with van der Waals surface area (Å²) in [6.07, 6.45) is -3.58. The van der Waals surface area contributed by atoms with Gasteiger partial charge in [0.25, 0.3) is 11.8 Å². The highest BCUT2D eigenvalue weighted by Gasteiger charge is 2.38. The van der Waals surface area contributed by atoms with E-state index in [4.69, 9.17) is 11.6 Å². The molecule has 2 aromatic heterocycles. The van der Waals surface area contributed by atoms with Gasteiger partial charge >= 0.3 is 6.18 Å². The summed E-state index contributed by atoms with van der Waals surface area (Å²) in [5.41, 5.74) is 1.89. The van der Waals surface area contributed by atoms with Gasteiger partial charge < -0.3 is 0 Å².